The summed E-state index contributed by atoms with van der Waals surface area (Å²) in [5.41, 5.74) is 2.75. The van der Waals surface area contributed by atoms with Gasteiger partial charge in [0, 0.05) is 17.7 Å². The molecule has 5 heteroatoms. The second kappa shape index (κ2) is 7.16. The Morgan fingerprint density at radius 1 is 1.33 bits per heavy atom. The van der Waals surface area contributed by atoms with E-state index in [9.17, 15) is 9.18 Å². The quantitative estimate of drug-likeness (QED) is 0.898. The van der Waals surface area contributed by atoms with Crippen LogP contribution in [0.5, 0.6) is 0 Å². The Bertz CT molecular complexity index is 702. The number of carbonyl (C=O) groups is 1. The van der Waals surface area contributed by atoms with Gasteiger partial charge in [-0.15, -0.1) is 0 Å². The van der Waals surface area contributed by atoms with Crippen LogP contribution in [-0.4, -0.2) is 15.7 Å². The lowest BCUT2D eigenvalue weighted by molar-refractivity contribution is -0.122. The number of carbonyl (C=O) groups excluding carboxylic acids is 1. The molecule has 1 aliphatic carbocycles. The van der Waals surface area contributed by atoms with Crippen LogP contribution in [0.25, 0.3) is 5.69 Å². The van der Waals surface area contributed by atoms with Gasteiger partial charge < -0.3 is 5.32 Å². The summed E-state index contributed by atoms with van der Waals surface area (Å²) in [6.45, 7) is 3.94. The average Bonchev–Trinajstić information content (AvgIpc) is 3.18. The Balaban J connectivity index is 1.68. The number of nitrogens with zero attached hydrogens (tertiary/aromatic N) is 2. The van der Waals surface area contributed by atoms with Gasteiger partial charge in [-0.05, 0) is 56.9 Å². The highest BCUT2D eigenvalue weighted by Crippen LogP contribution is 2.28. The topological polar surface area (TPSA) is 46.9 Å². The Morgan fingerprint density at radius 3 is 2.67 bits per heavy atom. The number of aromatic nitrogens is 2. The highest BCUT2D eigenvalue weighted by molar-refractivity contribution is 5.76. The SMILES string of the molecule is Cc1c(C(C)NC(=O)CC2CCCC2)cnn1-c1ccc(F)cc1. The fourth-order valence-corrected chi connectivity index (χ4v) is 3.54. The first-order chi connectivity index (χ1) is 11.5. The third-order valence-corrected chi connectivity index (χ3v) is 4.91. The number of rotatable bonds is 5. The normalized spacial score (nSPS) is 16.3. The van der Waals surface area contributed by atoms with Crippen LogP contribution in [0.4, 0.5) is 4.39 Å². The van der Waals surface area contributed by atoms with E-state index in [1.54, 1.807) is 23.0 Å². The maximum atomic E-state index is 13.1. The summed E-state index contributed by atoms with van der Waals surface area (Å²) in [5, 5.41) is 7.48. The van der Waals surface area contributed by atoms with E-state index in [4.69, 9.17) is 0 Å². The fraction of sp³-hybridized carbons (Fsp3) is 0.474. The summed E-state index contributed by atoms with van der Waals surface area (Å²) in [6.07, 6.45) is 7.23. The lowest BCUT2D eigenvalue weighted by Crippen LogP contribution is -2.28. The fourth-order valence-electron chi connectivity index (χ4n) is 3.54. The second-order valence-electron chi connectivity index (χ2n) is 6.72. The molecule has 1 fully saturated rings. The van der Waals surface area contributed by atoms with Crippen LogP contribution in [-0.2, 0) is 4.79 Å². The molecule has 1 atom stereocenters. The highest BCUT2D eigenvalue weighted by atomic mass is 19.1. The van der Waals surface area contributed by atoms with Gasteiger partial charge >= 0.3 is 0 Å². The van der Waals surface area contributed by atoms with Crippen molar-refractivity contribution in [2.45, 2.75) is 52.0 Å². The Morgan fingerprint density at radius 2 is 2.00 bits per heavy atom. The van der Waals surface area contributed by atoms with Crippen molar-refractivity contribution in [2.75, 3.05) is 0 Å². The summed E-state index contributed by atoms with van der Waals surface area (Å²) in [6, 6.07) is 6.14. The first-order valence-electron chi connectivity index (χ1n) is 8.64. The smallest absolute Gasteiger partial charge is 0.220 e. The van der Waals surface area contributed by atoms with Crippen LogP contribution in [0, 0.1) is 18.7 Å². The van der Waals surface area contributed by atoms with Gasteiger partial charge in [-0.1, -0.05) is 12.8 Å². The lowest BCUT2D eigenvalue weighted by atomic mass is 10.0. The molecule has 1 N–H and O–H groups in total. The maximum absolute atomic E-state index is 13.1. The van der Waals surface area contributed by atoms with Gasteiger partial charge in [-0.25, -0.2) is 9.07 Å². The van der Waals surface area contributed by atoms with E-state index in [-0.39, 0.29) is 17.8 Å². The van der Waals surface area contributed by atoms with Crippen molar-refractivity contribution in [3.8, 4) is 5.69 Å². The first-order valence-corrected chi connectivity index (χ1v) is 8.64. The van der Waals surface area contributed by atoms with Crippen LogP contribution in [0.3, 0.4) is 0 Å². The minimum atomic E-state index is -0.267. The molecule has 24 heavy (non-hydrogen) atoms. The molecule has 1 aromatic heterocycles. The number of hydrogen-bond donors (Lipinski definition) is 1. The predicted octanol–water partition coefficient (Wildman–Crippen LogP) is 4.08. The highest BCUT2D eigenvalue weighted by Gasteiger charge is 2.21. The molecule has 0 aliphatic heterocycles. The average molecular weight is 329 g/mol. The summed E-state index contributed by atoms with van der Waals surface area (Å²) in [5.74, 6) is 0.389. The Hall–Kier alpha value is -2.17. The van der Waals surface area contributed by atoms with Gasteiger partial charge in [0.15, 0.2) is 0 Å². The number of hydrogen-bond acceptors (Lipinski definition) is 2. The summed E-state index contributed by atoms with van der Waals surface area (Å²) in [7, 11) is 0. The minimum Gasteiger partial charge on any atom is -0.349 e. The van der Waals surface area contributed by atoms with Crippen molar-refractivity contribution in [2.24, 2.45) is 5.92 Å². The van der Waals surface area contributed by atoms with E-state index < -0.39 is 0 Å². The zero-order valence-corrected chi connectivity index (χ0v) is 14.3. The molecule has 0 spiro atoms. The molecule has 1 heterocycles. The number of amides is 1. The van der Waals surface area contributed by atoms with Gasteiger partial charge in [-0.2, -0.15) is 5.10 Å². The number of benzene rings is 1. The molecular weight excluding hydrogens is 305 g/mol. The third kappa shape index (κ3) is 3.66. The molecule has 1 aromatic carbocycles. The van der Waals surface area contributed by atoms with E-state index in [1.807, 2.05) is 13.8 Å². The summed E-state index contributed by atoms with van der Waals surface area (Å²) < 4.78 is 14.8. The molecule has 2 aromatic rings. The zero-order chi connectivity index (χ0) is 17.1. The molecule has 0 radical (unpaired) electrons. The maximum Gasteiger partial charge on any atom is 0.220 e. The molecule has 3 rings (SSSR count). The number of halogens is 1. The van der Waals surface area contributed by atoms with E-state index in [2.05, 4.69) is 10.4 Å². The van der Waals surface area contributed by atoms with E-state index in [1.165, 1.54) is 37.8 Å². The van der Waals surface area contributed by atoms with Crippen molar-refractivity contribution in [3.05, 3.63) is 47.5 Å². The van der Waals surface area contributed by atoms with Gasteiger partial charge in [0.05, 0.1) is 17.9 Å². The van der Waals surface area contributed by atoms with Gasteiger partial charge in [0.25, 0.3) is 0 Å². The zero-order valence-electron chi connectivity index (χ0n) is 14.3. The van der Waals surface area contributed by atoms with Gasteiger partial charge in [-0.3, -0.25) is 4.79 Å². The Labute approximate surface area is 142 Å². The van der Waals surface area contributed by atoms with Crippen molar-refractivity contribution in [3.63, 3.8) is 0 Å². The summed E-state index contributed by atoms with van der Waals surface area (Å²) in [4.78, 5) is 12.2. The van der Waals surface area contributed by atoms with Crippen LogP contribution in [0.15, 0.2) is 30.5 Å². The second-order valence-corrected chi connectivity index (χ2v) is 6.72. The molecule has 0 saturated heterocycles. The Kier molecular flexibility index (Phi) is 4.97. The van der Waals surface area contributed by atoms with Crippen molar-refractivity contribution in [1.82, 2.24) is 15.1 Å². The van der Waals surface area contributed by atoms with Crippen LogP contribution in [0.2, 0.25) is 0 Å². The molecule has 4 nitrogen and oxygen atoms in total. The molecule has 128 valence electrons. The van der Waals surface area contributed by atoms with Crippen molar-refractivity contribution >= 4 is 5.91 Å². The standard InChI is InChI=1S/C19H24FN3O/c1-13(22-19(24)11-15-5-3-4-6-15)18-12-21-23(14(18)2)17-9-7-16(20)8-10-17/h7-10,12-13,15H,3-6,11H2,1-2H3,(H,22,24). The van der Waals surface area contributed by atoms with E-state index in [0.717, 1.165) is 16.9 Å². The van der Waals surface area contributed by atoms with Gasteiger partial charge in [0.2, 0.25) is 5.91 Å². The van der Waals surface area contributed by atoms with Crippen LogP contribution < -0.4 is 5.32 Å². The van der Waals surface area contributed by atoms with E-state index >= 15 is 0 Å². The number of nitrogens with one attached hydrogen (secondary N) is 1. The monoisotopic (exact) mass is 329 g/mol. The van der Waals surface area contributed by atoms with Crippen molar-refractivity contribution in [1.29, 1.82) is 0 Å². The van der Waals surface area contributed by atoms with Gasteiger partial charge in [0.1, 0.15) is 5.82 Å². The first kappa shape index (κ1) is 16.7. The largest absolute Gasteiger partial charge is 0.349 e. The molecular formula is C19H24FN3O. The van der Waals surface area contributed by atoms with Crippen LogP contribution >= 0.6 is 0 Å². The van der Waals surface area contributed by atoms with Crippen LogP contribution in [0.1, 0.15) is 56.3 Å². The third-order valence-electron chi connectivity index (χ3n) is 4.91. The molecule has 1 unspecified atom stereocenters. The minimum absolute atomic E-state index is 0.0897. The molecule has 1 saturated carbocycles. The van der Waals surface area contributed by atoms with E-state index in [0.29, 0.717) is 12.3 Å². The molecule has 1 amide bonds. The molecule has 1 aliphatic rings. The predicted molar refractivity (Wildman–Crippen MR) is 91.4 cm³/mol. The van der Waals surface area contributed by atoms with Crippen molar-refractivity contribution < 1.29 is 9.18 Å². The summed E-state index contributed by atoms with van der Waals surface area (Å²) >= 11 is 0. The molecule has 0 bridgehead atoms. The lowest BCUT2D eigenvalue weighted by Gasteiger charge is -2.16.